The molecule has 2 aromatic rings. The van der Waals surface area contributed by atoms with Crippen LogP contribution in [0.2, 0.25) is 0 Å². The van der Waals surface area contributed by atoms with Gasteiger partial charge < -0.3 is 9.26 Å². The molecule has 6 heteroatoms. The first-order valence-corrected chi connectivity index (χ1v) is 9.18. The molecule has 1 aliphatic carbocycles. The summed E-state index contributed by atoms with van der Waals surface area (Å²) in [4.78, 5) is 20.6. The Morgan fingerprint density at radius 1 is 1.20 bits per heavy atom. The van der Waals surface area contributed by atoms with Gasteiger partial charge in [-0.3, -0.25) is 9.78 Å². The van der Waals surface area contributed by atoms with Crippen molar-refractivity contribution < 1.29 is 14.1 Å². The third-order valence-electron chi connectivity index (χ3n) is 4.78. The van der Waals surface area contributed by atoms with Crippen molar-refractivity contribution in [1.29, 1.82) is 0 Å². The van der Waals surface area contributed by atoms with Crippen LogP contribution in [0.3, 0.4) is 0 Å². The Morgan fingerprint density at radius 2 is 1.96 bits per heavy atom. The number of unbranched alkanes of at least 4 members (excludes halogenated alkanes) is 2. The fourth-order valence-corrected chi connectivity index (χ4v) is 3.24. The van der Waals surface area contributed by atoms with E-state index in [2.05, 4.69) is 22.0 Å². The highest BCUT2D eigenvalue weighted by Gasteiger charge is 2.30. The SMILES string of the molecule is CCCCCOC(=O)C1CCC(c2nc(-c3ccncc3)no2)CC1. The quantitative estimate of drug-likeness (QED) is 0.555. The molecule has 25 heavy (non-hydrogen) atoms. The number of rotatable bonds is 7. The molecule has 0 spiro atoms. The number of carbonyl (C=O) groups is 1. The number of esters is 1. The average Bonchev–Trinajstić information content (AvgIpc) is 3.16. The van der Waals surface area contributed by atoms with Crippen molar-refractivity contribution in [3.05, 3.63) is 30.4 Å². The summed E-state index contributed by atoms with van der Waals surface area (Å²) in [6, 6.07) is 3.72. The van der Waals surface area contributed by atoms with Gasteiger partial charge in [-0.2, -0.15) is 4.98 Å². The second-order valence-electron chi connectivity index (χ2n) is 6.62. The number of ether oxygens (including phenoxy) is 1. The smallest absolute Gasteiger partial charge is 0.308 e. The molecule has 0 amide bonds. The third kappa shape index (κ3) is 4.65. The van der Waals surface area contributed by atoms with E-state index in [0.717, 1.165) is 50.5 Å². The van der Waals surface area contributed by atoms with Crippen LogP contribution in [0, 0.1) is 5.92 Å². The van der Waals surface area contributed by atoms with Crippen molar-refractivity contribution in [2.45, 2.75) is 57.8 Å². The molecule has 0 atom stereocenters. The van der Waals surface area contributed by atoms with Crippen LogP contribution in [0.4, 0.5) is 0 Å². The minimum absolute atomic E-state index is 0.0143. The van der Waals surface area contributed by atoms with Gasteiger partial charge in [0.05, 0.1) is 12.5 Å². The molecule has 1 fully saturated rings. The first-order chi connectivity index (χ1) is 12.3. The highest BCUT2D eigenvalue weighted by Crippen LogP contribution is 2.36. The predicted octanol–water partition coefficient (Wildman–Crippen LogP) is 4.14. The molecule has 0 aliphatic heterocycles. The summed E-state index contributed by atoms with van der Waals surface area (Å²) in [5, 5.41) is 4.07. The molecule has 134 valence electrons. The minimum Gasteiger partial charge on any atom is -0.465 e. The van der Waals surface area contributed by atoms with E-state index in [1.165, 1.54) is 0 Å². The van der Waals surface area contributed by atoms with Crippen LogP contribution >= 0.6 is 0 Å². The molecule has 0 unspecified atom stereocenters. The highest BCUT2D eigenvalue weighted by atomic mass is 16.5. The molecule has 2 aromatic heterocycles. The van der Waals surface area contributed by atoms with Gasteiger partial charge in [0.25, 0.3) is 0 Å². The number of hydrogen-bond donors (Lipinski definition) is 0. The number of nitrogens with zero attached hydrogens (tertiary/aromatic N) is 3. The molecule has 3 rings (SSSR count). The number of hydrogen-bond acceptors (Lipinski definition) is 6. The lowest BCUT2D eigenvalue weighted by molar-refractivity contribution is -0.149. The summed E-state index contributed by atoms with van der Waals surface area (Å²) in [7, 11) is 0. The van der Waals surface area contributed by atoms with Gasteiger partial charge in [0.15, 0.2) is 0 Å². The topological polar surface area (TPSA) is 78.1 Å². The van der Waals surface area contributed by atoms with Gasteiger partial charge in [0.1, 0.15) is 0 Å². The Hall–Kier alpha value is -2.24. The maximum atomic E-state index is 12.1. The lowest BCUT2D eigenvalue weighted by atomic mass is 9.82. The predicted molar refractivity (Wildman–Crippen MR) is 92.7 cm³/mol. The van der Waals surface area contributed by atoms with Crippen LogP contribution in [-0.4, -0.2) is 27.7 Å². The average molecular weight is 343 g/mol. The molecule has 0 radical (unpaired) electrons. The standard InChI is InChI=1S/C19H25N3O3/c1-2-3-4-13-24-19(23)16-7-5-15(6-8-16)18-21-17(22-25-18)14-9-11-20-12-10-14/h9-12,15-16H,2-8,13H2,1H3. The van der Waals surface area contributed by atoms with Crippen molar-refractivity contribution in [1.82, 2.24) is 15.1 Å². The van der Waals surface area contributed by atoms with Gasteiger partial charge in [-0.05, 0) is 44.2 Å². The van der Waals surface area contributed by atoms with Gasteiger partial charge >= 0.3 is 5.97 Å². The molecule has 1 saturated carbocycles. The van der Waals surface area contributed by atoms with Gasteiger partial charge in [0.2, 0.25) is 11.7 Å². The van der Waals surface area contributed by atoms with Gasteiger partial charge in [-0.1, -0.05) is 24.9 Å². The molecule has 0 aromatic carbocycles. The maximum Gasteiger partial charge on any atom is 0.308 e. The fourth-order valence-electron chi connectivity index (χ4n) is 3.24. The van der Waals surface area contributed by atoms with Crippen molar-refractivity contribution in [3.8, 4) is 11.4 Å². The van der Waals surface area contributed by atoms with E-state index in [1.54, 1.807) is 12.4 Å². The zero-order valence-electron chi connectivity index (χ0n) is 14.7. The van der Waals surface area contributed by atoms with E-state index in [9.17, 15) is 4.79 Å². The van der Waals surface area contributed by atoms with E-state index in [0.29, 0.717) is 18.3 Å². The van der Waals surface area contributed by atoms with Gasteiger partial charge in [-0.25, -0.2) is 0 Å². The Bertz CT molecular complexity index is 664. The van der Waals surface area contributed by atoms with E-state index in [-0.39, 0.29) is 17.8 Å². The summed E-state index contributed by atoms with van der Waals surface area (Å²) in [5.74, 6) is 1.46. The first kappa shape index (κ1) is 17.6. The zero-order valence-corrected chi connectivity index (χ0v) is 14.7. The van der Waals surface area contributed by atoms with E-state index in [1.807, 2.05) is 12.1 Å². The third-order valence-corrected chi connectivity index (χ3v) is 4.78. The normalized spacial score (nSPS) is 20.4. The lowest BCUT2D eigenvalue weighted by Gasteiger charge is -2.24. The Labute approximate surface area is 148 Å². The van der Waals surface area contributed by atoms with Crippen molar-refractivity contribution in [2.24, 2.45) is 5.92 Å². The van der Waals surface area contributed by atoms with Crippen LogP contribution < -0.4 is 0 Å². The second kappa shape index (κ2) is 8.74. The molecule has 0 bridgehead atoms. The molecule has 0 N–H and O–H groups in total. The largest absolute Gasteiger partial charge is 0.465 e. The molecule has 6 nitrogen and oxygen atoms in total. The molecule has 2 heterocycles. The van der Waals surface area contributed by atoms with Crippen molar-refractivity contribution >= 4 is 5.97 Å². The maximum absolute atomic E-state index is 12.1. The first-order valence-electron chi connectivity index (χ1n) is 9.18. The van der Waals surface area contributed by atoms with Crippen molar-refractivity contribution in [2.75, 3.05) is 6.61 Å². The molecule has 1 aliphatic rings. The molecule has 0 saturated heterocycles. The molecular formula is C19H25N3O3. The highest BCUT2D eigenvalue weighted by molar-refractivity contribution is 5.72. The van der Waals surface area contributed by atoms with Crippen LogP contribution in [0.15, 0.2) is 29.0 Å². The summed E-state index contributed by atoms with van der Waals surface area (Å²) < 4.78 is 10.8. The van der Waals surface area contributed by atoms with Gasteiger partial charge in [0, 0.05) is 23.9 Å². The van der Waals surface area contributed by atoms with Crippen LogP contribution in [-0.2, 0) is 9.53 Å². The van der Waals surface area contributed by atoms with E-state index >= 15 is 0 Å². The summed E-state index contributed by atoms with van der Waals surface area (Å²) in [6.07, 6.45) is 10.0. The second-order valence-corrected chi connectivity index (χ2v) is 6.62. The summed E-state index contributed by atoms with van der Waals surface area (Å²) in [5.41, 5.74) is 0.898. The monoisotopic (exact) mass is 343 g/mol. The minimum atomic E-state index is -0.0439. The zero-order chi connectivity index (χ0) is 17.5. The van der Waals surface area contributed by atoms with Crippen LogP contribution in [0.1, 0.15) is 63.7 Å². The number of carbonyl (C=O) groups excluding carboxylic acids is 1. The van der Waals surface area contributed by atoms with E-state index < -0.39 is 0 Å². The van der Waals surface area contributed by atoms with Gasteiger partial charge in [-0.15, -0.1) is 0 Å². The number of aromatic nitrogens is 3. The Kier molecular flexibility index (Phi) is 6.14. The summed E-state index contributed by atoms with van der Waals surface area (Å²) in [6.45, 7) is 2.69. The fraction of sp³-hybridized carbons (Fsp3) is 0.579. The Morgan fingerprint density at radius 3 is 2.68 bits per heavy atom. The van der Waals surface area contributed by atoms with Crippen LogP contribution in [0.25, 0.3) is 11.4 Å². The Balaban J connectivity index is 1.49. The van der Waals surface area contributed by atoms with E-state index in [4.69, 9.17) is 9.26 Å². The van der Waals surface area contributed by atoms with Crippen molar-refractivity contribution in [3.63, 3.8) is 0 Å². The lowest BCUT2D eigenvalue weighted by Crippen LogP contribution is -2.23. The van der Waals surface area contributed by atoms with Crippen LogP contribution in [0.5, 0.6) is 0 Å². The summed E-state index contributed by atoms with van der Waals surface area (Å²) >= 11 is 0. The molecular weight excluding hydrogens is 318 g/mol. The number of pyridine rings is 1.